The quantitative estimate of drug-likeness (QED) is 0.0272. The van der Waals surface area contributed by atoms with Gasteiger partial charge >= 0.3 is 0 Å². The van der Waals surface area contributed by atoms with E-state index in [4.69, 9.17) is 9.05 Å². The number of likely N-dealkylation sites (N-methyl/N-ethyl adjacent to an activating group) is 1. The molecular formula is C60H117N2O6P. The van der Waals surface area contributed by atoms with Gasteiger partial charge in [-0.1, -0.05) is 275 Å². The summed E-state index contributed by atoms with van der Waals surface area (Å²) < 4.78 is 23.3. The fraction of sp³-hybridized carbons (Fsp3) is 0.883. The number of quaternary nitrogens is 1. The summed E-state index contributed by atoms with van der Waals surface area (Å²) in [6.45, 7) is 4.66. The Bertz CT molecular complexity index is 1220. The Morgan fingerprint density at radius 3 is 1.17 bits per heavy atom. The molecule has 0 aromatic heterocycles. The number of phosphoric acid groups is 1. The molecule has 0 saturated carbocycles. The number of hydrogen-bond donors (Lipinski definition) is 2. The van der Waals surface area contributed by atoms with Crippen molar-refractivity contribution >= 4 is 13.7 Å². The highest BCUT2D eigenvalue weighted by Gasteiger charge is 2.23. The second-order valence-electron chi connectivity index (χ2n) is 21.7. The molecule has 2 N–H and O–H groups in total. The number of phosphoric ester groups is 1. The van der Waals surface area contributed by atoms with Crippen LogP contribution in [0.3, 0.4) is 0 Å². The highest BCUT2D eigenvalue weighted by Crippen LogP contribution is 2.38. The molecular weight excluding hydrogens is 876 g/mol. The van der Waals surface area contributed by atoms with Gasteiger partial charge in [-0.3, -0.25) is 9.36 Å². The van der Waals surface area contributed by atoms with Crippen LogP contribution in [0.1, 0.15) is 290 Å². The molecule has 69 heavy (non-hydrogen) atoms. The number of amides is 1. The van der Waals surface area contributed by atoms with Gasteiger partial charge in [-0.25, -0.2) is 0 Å². The zero-order valence-electron chi connectivity index (χ0n) is 46.5. The van der Waals surface area contributed by atoms with Gasteiger partial charge in [-0.05, 0) is 44.9 Å². The van der Waals surface area contributed by atoms with E-state index in [0.29, 0.717) is 17.4 Å². The number of unbranched alkanes of at least 4 members (excludes halogenated alkanes) is 38. The van der Waals surface area contributed by atoms with Crippen molar-refractivity contribution in [3.63, 3.8) is 0 Å². The van der Waals surface area contributed by atoms with Gasteiger partial charge in [0.15, 0.2) is 0 Å². The van der Waals surface area contributed by atoms with Gasteiger partial charge in [0, 0.05) is 6.42 Å². The third-order valence-electron chi connectivity index (χ3n) is 13.6. The van der Waals surface area contributed by atoms with Gasteiger partial charge in [0.2, 0.25) is 5.91 Å². The number of carbonyl (C=O) groups excluding carboxylic acids is 1. The van der Waals surface area contributed by atoms with E-state index >= 15 is 0 Å². The van der Waals surface area contributed by atoms with Crippen LogP contribution in [0.2, 0.25) is 0 Å². The molecule has 8 nitrogen and oxygen atoms in total. The maximum absolute atomic E-state index is 13.0. The first-order valence-electron chi connectivity index (χ1n) is 29.9. The smallest absolute Gasteiger partial charge is 0.268 e. The Kier molecular flexibility index (Phi) is 50.7. The fourth-order valence-corrected chi connectivity index (χ4v) is 9.62. The highest BCUT2D eigenvalue weighted by atomic mass is 31.2. The van der Waals surface area contributed by atoms with Crippen molar-refractivity contribution < 1.29 is 32.9 Å². The molecule has 0 aliphatic heterocycles. The first-order valence-corrected chi connectivity index (χ1v) is 31.3. The Balaban J connectivity index is 4.24. The zero-order valence-corrected chi connectivity index (χ0v) is 47.4. The van der Waals surface area contributed by atoms with Crippen LogP contribution in [-0.4, -0.2) is 68.5 Å². The first-order chi connectivity index (χ1) is 33.5. The standard InChI is InChI=1S/C60H117N2O6P/c1-6-8-10-12-14-16-18-20-22-24-26-28-29-30-31-32-34-35-37-39-41-43-45-47-49-51-53-59(63)58(57-68-69(65,66)67-56-55-62(3,4)5)61-60(64)54-52-50-48-46-44-42-40-38-36-33-27-25-23-21-19-17-15-13-11-9-7-2/h35,37,43,45,51,53,58-59,63H,6-34,36,38-42,44,46-50,52,54-57H2,1-5H3,(H-,61,64,65,66)/b37-35+,45-43+,53-51+. The van der Waals surface area contributed by atoms with Crippen molar-refractivity contribution in [2.75, 3.05) is 40.9 Å². The first kappa shape index (κ1) is 67.7. The van der Waals surface area contributed by atoms with Crippen LogP contribution in [0.15, 0.2) is 36.5 Å². The average Bonchev–Trinajstić information content (AvgIpc) is 3.31. The number of nitrogens with zero attached hydrogens (tertiary/aromatic N) is 1. The summed E-state index contributed by atoms with van der Waals surface area (Å²) in [4.78, 5) is 25.5. The summed E-state index contributed by atoms with van der Waals surface area (Å²) in [6.07, 6.45) is 66.6. The van der Waals surface area contributed by atoms with Gasteiger partial charge in [-0.2, -0.15) is 0 Å². The second kappa shape index (κ2) is 51.6. The molecule has 3 atom stereocenters. The lowest BCUT2D eigenvalue weighted by Gasteiger charge is -2.29. The van der Waals surface area contributed by atoms with Crippen molar-refractivity contribution in [3.8, 4) is 0 Å². The van der Waals surface area contributed by atoms with E-state index in [2.05, 4.69) is 43.5 Å². The maximum atomic E-state index is 13.0. The Hall–Kier alpha value is -1.28. The number of hydrogen-bond acceptors (Lipinski definition) is 6. The fourth-order valence-electron chi connectivity index (χ4n) is 8.89. The molecule has 0 aliphatic rings. The number of aliphatic hydroxyl groups excluding tert-OH is 1. The van der Waals surface area contributed by atoms with Crippen molar-refractivity contribution in [2.24, 2.45) is 0 Å². The van der Waals surface area contributed by atoms with Crippen molar-refractivity contribution in [1.82, 2.24) is 5.32 Å². The molecule has 0 bridgehead atoms. The molecule has 0 fully saturated rings. The van der Waals surface area contributed by atoms with E-state index in [9.17, 15) is 19.4 Å². The van der Waals surface area contributed by atoms with Gasteiger partial charge in [0.1, 0.15) is 13.2 Å². The monoisotopic (exact) mass is 993 g/mol. The number of allylic oxidation sites excluding steroid dienone is 5. The predicted molar refractivity (Wildman–Crippen MR) is 298 cm³/mol. The lowest BCUT2D eigenvalue weighted by molar-refractivity contribution is -0.870. The van der Waals surface area contributed by atoms with Gasteiger partial charge in [0.05, 0.1) is 39.9 Å². The lowest BCUT2D eigenvalue weighted by Crippen LogP contribution is -2.45. The number of nitrogens with one attached hydrogen (secondary N) is 1. The molecule has 0 rings (SSSR count). The third kappa shape index (κ3) is 54.3. The summed E-state index contributed by atoms with van der Waals surface area (Å²) in [5, 5.41) is 13.9. The van der Waals surface area contributed by atoms with Crippen LogP contribution in [-0.2, 0) is 18.4 Å². The number of aliphatic hydroxyl groups is 1. The lowest BCUT2D eigenvalue weighted by atomic mass is 10.0. The van der Waals surface area contributed by atoms with E-state index in [1.807, 2.05) is 27.2 Å². The van der Waals surface area contributed by atoms with Crippen LogP contribution in [0.25, 0.3) is 0 Å². The normalized spacial score (nSPS) is 14.1. The van der Waals surface area contributed by atoms with E-state index in [1.54, 1.807) is 6.08 Å². The van der Waals surface area contributed by atoms with E-state index in [1.165, 1.54) is 225 Å². The van der Waals surface area contributed by atoms with Crippen LogP contribution in [0.5, 0.6) is 0 Å². The van der Waals surface area contributed by atoms with E-state index in [-0.39, 0.29) is 12.5 Å². The minimum Gasteiger partial charge on any atom is -0.756 e. The predicted octanol–water partition coefficient (Wildman–Crippen LogP) is 17.5. The molecule has 3 unspecified atom stereocenters. The van der Waals surface area contributed by atoms with Gasteiger partial charge in [0.25, 0.3) is 7.82 Å². The van der Waals surface area contributed by atoms with E-state index in [0.717, 1.165) is 44.9 Å². The van der Waals surface area contributed by atoms with Crippen molar-refractivity contribution in [1.29, 1.82) is 0 Å². The van der Waals surface area contributed by atoms with Gasteiger partial charge in [-0.15, -0.1) is 0 Å². The minimum absolute atomic E-state index is 0.00731. The molecule has 0 aromatic rings. The van der Waals surface area contributed by atoms with Gasteiger partial charge < -0.3 is 28.8 Å². The Morgan fingerprint density at radius 1 is 0.493 bits per heavy atom. The Labute approximate surface area is 429 Å². The molecule has 0 aliphatic carbocycles. The molecule has 0 spiro atoms. The van der Waals surface area contributed by atoms with Crippen LogP contribution in [0, 0.1) is 0 Å². The largest absolute Gasteiger partial charge is 0.756 e. The second-order valence-corrected chi connectivity index (χ2v) is 23.1. The van der Waals surface area contributed by atoms with Crippen LogP contribution >= 0.6 is 7.82 Å². The zero-order chi connectivity index (χ0) is 50.6. The number of rotatable bonds is 55. The summed E-state index contributed by atoms with van der Waals surface area (Å²) in [6, 6.07) is -0.908. The molecule has 0 heterocycles. The summed E-state index contributed by atoms with van der Waals surface area (Å²) in [7, 11) is 1.25. The minimum atomic E-state index is -4.61. The SMILES string of the molecule is CCCCCCCCCCCCCCCCCC/C=C/CC/C=C/CC/C=C/C(O)C(COP(=O)([O-])OCC[N+](C)(C)C)NC(=O)CCCCCCCCCCCCCCCCCCCCCCC. The summed E-state index contributed by atoms with van der Waals surface area (Å²) in [5.74, 6) is -0.206. The van der Waals surface area contributed by atoms with E-state index < -0.39 is 26.6 Å². The van der Waals surface area contributed by atoms with Crippen molar-refractivity contribution in [2.45, 2.75) is 302 Å². The molecule has 0 saturated heterocycles. The molecule has 0 aromatic carbocycles. The summed E-state index contributed by atoms with van der Waals surface area (Å²) in [5.41, 5.74) is 0. The average molecular weight is 994 g/mol. The number of carbonyl (C=O) groups is 1. The molecule has 1 amide bonds. The third-order valence-corrected chi connectivity index (χ3v) is 14.5. The van der Waals surface area contributed by atoms with Crippen LogP contribution < -0.4 is 10.2 Å². The molecule has 408 valence electrons. The molecule has 9 heteroatoms. The van der Waals surface area contributed by atoms with Crippen molar-refractivity contribution in [3.05, 3.63) is 36.5 Å². The van der Waals surface area contributed by atoms with Crippen LogP contribution in [0.4, 0.5) is 0 Å². The Morgan fingerprint density at radius 2 is 0.812 bits per heavy atom. The summed E-state index contributed by atoms with van der Waals surface area (Å²) >= 11 is 0. The topological polar surface area (TPSA) is 108 Å². The maximum Gasteiger partial charge on any atom is 0.268 e. The highest BCUT2D eigenvalue weighted by molar-refractivity contribution is 7.45. The molecule has 0 radical (unpaired) electrons.